The van der Waals surface area contributed by atoms with Gasteiger partial charge in [-0.1, -0.05) is 59.3 Å². The molecule has 0 amide bonds. The quantitative estimate of drug-likeness (QED) is 0.605. The predicted molar refractivity (Wildman–Crippen MR) is 97.7 cm³/mol. The molecule has 0 aliphatic heterocycles. The number of benzene rings is 2. The molecule has 3 rings (SSSR count). The third-order valence-electron chi connectivity index (χ3n) is 3.82. The molecule has 0 unspecified atom stereocenters. The summed E-state index contributed by atoms with van der Waals surface area (Å²) in [7, 11) is 0. The molecule has 1 aromatic heterocycles. The van der Waals surface area contributed by atoms with Gasteiger partial charge < -0.3 is 0 Å². The van der Waals surface area contributed by atoms with E-state index in [-0.39, 0.29) is 0 Å². The Morgan fingerprint density at radius 3 is 2.22 bits per heavy atom. The maximum absolute atomic E-state index is 4.41. The Labute approximate surface area is 142 Å². The predicted octanol–water partition coefficient (Wildman–Crippen LogP) is 5.36. The summed E-state index contributed by atoms with van der Waals surface area (Å²) in [5, 5.41) is 9.74. The number of thioether (sulfide) groups is 1. The maximum Gasteiger partial charge on any atom is 0.119 e. The molecule has 3 heteroatoms. The molecule has 2 nitrogen and oxygen atoms in total. The number of nitrogens with zero attached hydrogens (tertiary/aromatic N) is 2. The number of aryl methyl sites for hydroxylation is 3. The molecule has 0 saturated carbocycles. The van der Waals surface area contributed by atoms with E-state index in [2.05, 4.69) is 85.6 Å². The fourth-order valence-electron chi connectivity index (χ4n) is 2.39. The minimum Gasteiger partial charge on any atom is -0.149 e. The lowest BCUT2D eigenvalue weighted by atomic mass is 10.0. The maximum atomic E-state index is 4.41. The zero-order valence-corrected chi connectivity index (χ0v) is 14.5. The van der Waals surface area contributed by atoms with Gasteiger partial charge in [-0.15, -0.1) is 10.2 Å². The number of hydrogen-bond donors (Lipinski definition) is 0. The molecule has 1 heterocycles. The van der Waals surface area contributed by atoms with Crippen LogP contribution in [-0.4, -0.2) is 10.2 Å². The van der Waals surface area contributed by atoms with E-state index in [0.29, 0.717) is 0 Å². The summed E-state index contributed by atoms with van der Waals surface area (Å²) in [5.41, 5.74) is 7.16. The van der Waals surface area contributed by atoms with Crippen molar-refractivity contribution < 1.29 is 0 Å². The summed E-state index contributed by atoms with van der Waals surface area (Å²) >= 11 is 1.72. The second-order valence-corrected chi connectivity index (χ2v) is 6.85. The smallest absolute Gasteiger partial charge is 0.119 e. The van der Waals surface area contributed by atoms with Crippen LogP contribution in [0.5, 0.6) is 0 Å². The molecule has 0 fully saturated rings. The van der Waals surface area contributed by atoms with Gasteiger partial charge in [-0.25, -0.2) is 0 Å². The van der Waals surface area contributed by atoms with Crippen molar-refractivity contribution in [3.8, 4) is 11.3 Å². The van der Waals surface area contributed by atoms with Crippen LogP contribution in [0.2, 0.25) is 0 Å². The van der Waals surface area contributed by atoms with Gasteiger partial charge in [0.1, 0.15) is 5.03 Å². The normalized spacial score (nSPS) is 10.7. The topological polar surface area (TPSA) is 25.8 Å². The molecule has 0 aliphatic carbocycles. The molecule has 3 aromatic rings. The van der Waals surface area contributed by atoms with Gasteiger partial charge in [-0.3, -0.25) is 0 Å². The second kappa shape index (κ2) is 6.97. The minimum atomic E-state index is 0.914. The average molecular weight is 320 g/mol. The lowest BCUT2D eigenvalue weighted by Crippen LogP contribution is -1.92. The highest BCUT2D eigenvalue weighted by atomic mass is 32.2. The zero-order valence-electron chi connectivity index (χ0n) is 13.7. The summed E-state index contributed by atoms with van der Waals surface area (Å²) in [4.78, 5) is 0. The van der Waals surface area contributed by atoms with Gasteiger partial charge in [0.25, 0.3) is 0 Å². The van der Waals surface area contributed by atoms with Crippen LogP contribution < -0.4 is 0 Å². The molecule has 116 valence electrons. The van der Waals surface area contributed by atoms with E-state index in [1.54, 1.807) is 11.8 Å². The van der Waals surface area contributed by atoms with Crippen LogP contribution >= 0.6 is 11.8 Å². The van der Waals surface area contributed by atoms with Crippen molar-refractivity contribution in [2.45, 2.75) is 31.6 Å². The van der Waals surface area contributed by atoms with Gasteiger partial charge in [0, 0.05) is 11.3 Å². The van der Waals surface area contributed by atoms with Gasteiger partial charge in [-0.2, -0.15) is 0 Å². The van der Waals surface area contributed by atoms with E-state index in [1.165, 1.54) is 22.3 Å². The largest absolute Gasteiger partial charge is 0.149 e. The molecule has 23 heavy (non-hydrogen) atoms. The molecule has 0 bridgehead atoms. The van der Waals surface area contributed by atoms with E-state index in [9.17, 15) is 0 Å². The highest BCUT2D eigenvalue weighted by Crippen LogP contribution is 2.25. The van der Waals surface area contributed by atoms with Gasteiger partial charge in [0.05, 0.1) is 5.69 Å². The van der Waals surface area contributed by atoms with Crippen molar-refractivity contribution in [1.29, 1.82) is 0 Å². The summed E-state index contributed by atoms with van der Waals surface area (Å²) in [5.74, 6) is 0.914. The Kier molecular flexibility index (Phi) is 4.77. The average Bonchev–Trinajstić information content (AvgIpc) is 2.57. The van der Waals surface area contributed by atoms with Crippen LogP contribution in [0.25, 0.3) is 11.3 Å². The Bertz CT molecular complexity index is 793. The highest BCUT2D eigenvalue weighted by molar-refractivity contribution is 7.98. The van der Waals surface area contributed by atoms with Crippen LogP contribution in [0.15, 0.2) is 59.6 Å². The van der Waals surface area contributed by atoms with E-state index >= 15 is 0 Å². The summed E-state index contributed by atoms with van der Waals surface area (Å²) in [6.45, 7) is 6.31. The van der Waals surface area contributed by atoms with Crippen molar-refractivity contribution in [3.63, 3.8) is 0 Å². The first-order valence-corrected chi connectivity index (χ1v) is 8.70. The van der Waals surface area contributed by atoms with Gasteiger partial charge >= 0.3 is 0 Å². The van der Waals surface area contributed by atoms with Gasteiger partial charge in [0.2, 0.25) is 0 Å². The summed E-state index contributed by atoms with van der Waals surface area (Å²) < 4.78 is 0. The lowest BCUT2D eigenvalue weighted by Gasteiger charge is -2.07. The lowest BCUT2D eigenvalue weighted by molar-refractivity contribution is 0.934. The Morgan fingerprint density at radius 2 is 1.52 bits per heavy atom. The molecule has 0 spiro atoms. The summed E-state index contributed by atoms with van der Waals surface area (Å²) in [6, 6.07) is 19.2. The van der Waals surface area contributed by atoms with Gasteiger partial charge in [0.15, 0.2) is 0 Å². The van der Waals surface area contributed by atoms with Crippen LogP contribution in [0, 0.1) is 20.8 Å². The molecule has 0 N–H and O–H groups in total. The van der Waals surface area contributed by atoms with Crippen LogP contribution in [0.3, 0.4) is 0 Å². The molecule has 0 atom stereocenters. The first-order valence-electron chi connectivity index (χ1n) is 7.71. The number of aromatic nitrogens is 2. The SMILES string of the molecule is Cc1ccc(CSc2ccc(-c3cc(C)ccc3C)nn2)cc1. The Balaban J connectivity index is 1.72. The fourth-order valence-corrected chi connectivity index (χ4v) is 3.16. The second-order valence-electron chi connectivity index (χ2n) is 5.85. The van der Waals surface area contributed by atoms with Crippen LogP contribution in [0.1, 0.15) is 22.3 Å². The van der Waals surface area contributed by atoms with Crippen molar-refractivity contribution in [3.05, 3.63) is 76.9 Å². The molecular weight excluding hydrogens is 300 g/mol. The monoisotopic (exact) mass is 320 g/mol. The Morgan fingerprint density at radius 1 is 0.783 bits per heavy atom. The third-order valence-corrected chi connectivity index (χ3v) is 4.81. The van der Waals surface area contributed by atoms with E-state index in [4.69, 9.17) is 0 Å². The third kappa shape index (κ3) is 3.99. The van der Waals surface area contributed by atoms with Gasteiger partial charge in [-0.05, 0) is 50.1 Å². The molecule has 0 saturated heterocycles. The van der Waals surface area contributed by atoms with Crippen LogP contribution in [-0.2, 0) is 5.75 Å². The van der Waals surface area contributed by atoms with E-state index < -0.39 is 0 Å². The van der Waals surface area contributed by atoms with Crippen molar-refractivity contribution >= 4 is 11.8 Å². The zero-order chi connectivity index (χ0) is 16.2. The van der Waals surface area contributed by atoms with Crippen LogP contribution in [0.4, 0.5) is 0 Å². The first-order chi connectivity index (χ1) is 11.1. The van der Waals surface area contributed by atoms with Crippen molar-refractivity contribution in [2.24, 2.45) is 0 Å². The minimum absolute atomic E-state index is 0.914. The standard InChI is InChI=1S/C20H20N2S/c1-14-5-8-17(9-6-14)13-23-20-11-10-19(21-22-20)18-12-15(2)4-7-16(18)3/h4-12H,13H2,1-3H3. The highest BCUT2D eigenvalue weighted by Gasteiger charge is 2.05. The first kappa shape index (κ1) is 15.8. The Hall–Kier alpha value is -2.13. The molecule has 2 aromatic carbocycles. The number of hydrogen-bond acceptors (Lipinski definition) is 3. The molecular formula is C20H20N2S. The van der Waals surface area contributed by atoms with Crippen molar-refractivity contribution in [1.82, 2.24) is 10.2 Å². The fraction of sp³-hybridized carbons (Fsp3) is 0.200. The van der Waals surface area contributed by atoms with E-state index in [1.807, 2.05) is 0 Å². The summed E-state index contributed by atoms with van der Waals surface area (Å²) in [6.07, 6.45) is 0. The van der Waals surface area contributed by atoms with E-state index in [0.717, 1.165) is 22.0 Å². The molecule has 0 aliphatic rings. The number of rotatable bonds is 4. The van der Waals surface area contributed by atoms with Crippen molar-refractivity contribution in [2.75, 3.05) is 0 Å². The molecule has 0 radical (unpaired) electrons.